The van der Waals surface area contributed by atoms with Crippen LogP contribution in [0.15, 0.2) is 44.2 Å². The molecule has 414 valence electrons. The first-order valence-electron chi connectivity index (χ1n) is 31.4. The molecule has 2 aliphatic heterocycles. The highest BCUT2D eigenvalue weighted by Crippen LogP contribution is 2.56. The largest absolute Gasteiger partial charge is 0.481 e. The van der Waals surface area contributed by atoms with Crippen molar-refractivity contribution in [3.63, 3.8) is 0 Å². The van der Waals surface area contributed by atoms with Crippen LogP contribution in [0.1, 0.15) is 321 Å². The average molecular weight is 1140 g/mol. The van der Waals surface area contributed by atoms with E-state index >= 15 is 0 Å². The van der Waals surface area contributed by atoms with Gasteiger partial charge in [-0.05, 0) is 108 Å². The lowest BCUT2D eigenvalue weighted by Gasteiger charge is -2.38. The molecule has 0 aromatic carbocycles. The van der Waals surface area contributed by atoms with E-state index in [9.17, 15) is 0 Å². The zero-order chi connectivity index (χ0) is 51.5. The van der Waals surface area contributed by atoms with Crippen molar-refractivity contribution < 1.29 is 9.47 Å². The maximum Gasteiger partial charge on any atom is 0.140 e. The van der Waals surface area contributed by atoms with Crippen molar-refractivity contribution >= 4 is 61.3 Å². The molecule has 0 bridgehead atoms. The molecular weight excluding hydrogens is 1030 g/mol. The van der Waals surface area contributed by atoms with Crippen LogP contribution in [0.3, 0.4) is 0 Å². The molecule has 6 heterocycles. The number of hydrogen-bond donors (Lipinski definition) is 0. The second-order valence-electron chi connectivity index (χ2n) is 22.6. The van der Waals surface area contributed by atoms with Crippen LogP contribution in [0.5, 0.6) is 11.5 Å². The minimum absolute atomic E-state index is 0.0935. The average Bonchev–Trinajstić information content (AvgIpc) is 4.25. The topological polar surface area (TPSA) is 18.5 Å². The molecule has 4 aromatic heterocycles. The van der Waals surface area contributed by atoms with Gasteiger partial charge < -0.3 is 9.47 Å². The van der Waals surface area contributed by atoms with Crippen molar-refractivity contribution in [2.24, 2.45) is 0 Å². The van der Waals surface area contributed by atoms with E-state index in [1.54, 1.807) is 0 Å². The molecule has 73 heavy (non-hydrogen) atoms. The molecule has 0 saturated heterocycles. The third-order valence-electron chi connectivity index (χ3n) is 16.4. The second-order valence-corrected chi connectivity index (χ2v) is 27.8. The van der Waals surface area contributed by atoms with Gasteiger partial charge in [0.2, 0.25) is 0 Å². The third kappa shape index (κ3) is 22.3. The zero-order valence-corrected chi connectivity index (χ0v) is 52.3. The number of hydrogen-bond acceptors (Lipinski definition) is 6. The normalized spacial score (nSPS) is 13.9. The zero-order valence-electron chi connectivity index (χ0n) is 47.5. The number of thiophene rings is 4. The molecule has 0 radical (unpaired) electrons. The number of ether oxygens (including phenoxy) is 2. The Morgan fingerprint density at radius 1 is 0.329 bits per heavy atom. The minimum Gasteiger partial charge on any atom is -0.481 e. The van der Waals surface area contributed by atoms with E-state index < -0.39 is 0 Å². The van der Waals surface area contributed by atoms with E-state index in [2.05, 4.69) is 84.0 Å². The second kappa shape index (κ2) is 38.4. The Morgan fingerprint density at radius 3 is 0.945 bits per heavy atom. The van der Waals surface area contributed by atoms with Gasteiger partial charge >= 0.3 is 0 Å². The van der Waals surface area contributed by atoms with Gasteiger partial charge in [0.05, 0.1) is 23.3 Å². The van der Waals surface area contributed by atoms with Gasteiger partial charge in [-0.1, -0.05) is 259 Å². The smallest absolute Gasteiger partial charge is 0.140 e. The van der Waals surface area contributed by atoms with Crippen LogP contribution in [0.25, 0.3) is 19.5 Å². The van der Waals surface area contributed by atoms with E-state index in [1.165, 1.54) is 304 Å². The quantitative estimate of drug-likeness (QED) is 0.0411. The van der Waals surface area contributed by atoms with Gasteiger partial charge in [-0.15, -0.1) is 45.3 Å². The molecule has 0 N–H and O–H groups in total. The molecule has 0 fully saturated rings. The number of unbranched alkanes of at least 4 members (excludes halogenated alkanes) is 36. The molecule has 7 heteroatoms. The molecule has 0 saturated carbocycles. The Balaban J connectivity index is 0.000000271. The Labute approximate surface area is 475 Å². The monoisotopic (exact) mass is 1140 g/mol. The van der Waals surface area contributed by atoms with E-state index in [0.29, 0.717) is 0 Å². The van der Waals surface area contributed by atoms with Crippen LogP contribution in [0.2, 0.25) is 0 Å². The Bertz CT molecular complexity index is 1890. The van der Waals surface area contributed by atoms with Crippen LogP contribution in [-0.4, -0.2) is 0 Å². The Kier molecular flexibility index (Phi) is 33.0. The summed E-state index contributed by atoms with van der Waals surface area (Å²) in [5.74, 6) is 2.28. The lowest BCUT2D eigenvalue weighted by Crippen LogP contribution is -2.35. The van der Waals surface area contributed by atoms with Crippen molar-refractivity contribution in [1.29, 1.82) is 0 Å². The van der Waals surface area contributed by atoms with Gasteiger partial charge in [0.25, 0.3) is 0 Å². The van der Waals surface area contributed by atoms with Crippen LogP contribution in [0.4, 0.5) is 0 Å². The van der Waals surface area contributed by atoms with Crippen molar-refractivity contribution in [2.45, 2.75) is 321 Å². The molecule has 2 aliphatic rings. The Morgan fingerprint density at radius 2 is 0.603 bits per heavy atom. The minimum atomic E-state index is -0.133. The van der Waals surface area contributed by atoms with Gasteiger partial charge in [-0.3, -0.25) is 0 Å². The molecule has 0 atom stereocenters. The summed E-state index contributed by atoms with van der Waals surface area (Å²) in [5, 5.41) is 6.72. The first kappa shape index (κ1) is 62.7. The highest BCUT2D eigenvalue weighted by Gasteiger charge is 2.43. The number of halogens is 1. The molecule has 2 nitrogen and oxygen atoms in total. The summed E-state index contributed by atoms with van der Waals surface area (Å²) >= 11 is 11.3. The van der Waals surface area contributed by atoms with E-state index in [0.717, 1.165) is 24.3 Å². The number of rotatable bonds is 44. The Hall–Kier alpha value is -1.12. The fourth-order valence-corrected chi connectivity index (χ4v) is 16.6. The third-order valence-corrected chi connectivity index (χ3v) is 21.0. The van der Waals surface area contributed by atoms with Crippen LogP contribution in [-0.2, 0) is 11.2 Å². The van der Waals surface area contributed by atoms with Crippen molar-refractivity contribution in [1.82, 2.24) is 0 Å². The molecule has 6 rings (SSSR count). The van der Waals surface area contributed by atoms with Gasteiger partial charge in [-0.25, -0.2) is 0 Å². The van der Waals surface area contributed by atoms with Gasteiger partial charge in [0, 0.05) is 11.1 Å². The summed E-state index contributed by atoms with van der Waals surface area (Å²) in [6.07, 6.45) is 60.3. The predicted molar refractivity (Wildman–Crippen MR) is 333 cm³/mol. The van der Waals surface area contributed by atoms with E-state index in [-0.39, 0.29) is 11.2 Å². The molecule has 0 aliphatic carbocycles. The fraction of sp³-hybridized carbons (Fsp3) is 0.758. The summed E-state index contributed by atoms with van der Waals surface area (Å²) in [4.78, 5) is 5.65. The molecule has 0 spiro atoms. The summed E-state index contributed by atoms with van der Waals surface area (Å²) in [5.41, 5.74) is 2.73. The van der Waals surface area contributed by atoms with Gasteiger partial charge in [0.15, 0.2) is 0 Å². The molecule has 0 amide bonds. The molecule has 0 unspecified atom stereocenters. The van der Waals surface area contributed by atoms with E-state index in [4.69, 9.17) is 9.47 Å². The summed E-state index contributed by atoms with van der Waals surface area (Å²) in [7, 11) is 0. The van der Waals surface area contributed by atoms with Crippen molar-refractivity contribution in [2.75, 3.05) is 0 Å². The maximum atomic E-state index is 6.96. The van der Waals surface area contributed by atoms with Crippen LogP contribution >= 0.6 is 61.3 Å². The fourth-order valence-electron chi connectivity index (χ4n) is 11.9. The van der Waals surface area contributed by atoms with Gasteiger partial charge in [-0.2, -0.15) is 0 Å². The highest BCUT2D eigenvalue weighted by molar-refractivity contribution is 9.11. The van der Waals surface area contributed by atoms with Crippen LogP contribution in [0, 0.1) is 0 Å². The standard InChI is InChI=1S/C33H53BrOS2.C33H54OS2/c1-3-5-7-9-11-13-15-17-19-21-24-33(25-22-20-18-16-14-12-10-8-6-4-2)28-27-30(34)37-31(28)32-29(35-33)23-26-36-32;1-3-5-7-9-11-13-15-17-19-21-25-33(26-22-20-18-16-14-12-10-8-6-4-2)29-23-27-35-31(29)32-30(34-33)24-28-36-32/h23,26-27H,3-22,24-25H2,1-2H3;23-24,27-28H,3-22,25-26H2,1-2H3. The molecular formula is C66H107BrO2S4. The molecule has 4 aromatic rings. The summed E-state index contributed by atoms with van der Waals surface area (Å²) in [6, 6.07) is 9.20. The maximum absolute atomic E-state index is 6.96. The first-order valence-corrected chi connectivity index (χ1v) is 35.7. The summed E-state index contributed by atoms with van der Waals surface area (Å²) in [6.45, 7) is 9.21. The summed E-state index contributed by atoms with van der Waals surface area (Å²) < 4.78 is 15.1. The number of fused-ring (bicyclic) bond motifs is 6. The highest BCUT2D eigenvalue weighted by atomic mass is 79.9. The van der Waals surface area contributed by atoms with Crippen LogP contribution < -0.4 is 9.47 Å². The first-order chi connectivity index (χ1) is 36.0. The van der Waals surface area contributed by atoms with Crippen molar-refractivity contribution in [3.8, 4) is 31.0 Å². The predicted octanol–water partition coefficient (Wildman–Crippen LogP) is 26.1. The van der Waals surface area contributed by atoms with Crippen molar-refractivity contribution in [3.05, 3.63) is 55.3 Å². The van der Waals surface area contributed by atoms with E-state index in [1.807, 2.05) is 45.3 Å². The SMILES string of the molecule is CCCCCCCCCCCCC1(CCCCCCCCCCCC)Oc2ccsc2-c2sc(Br)cc21.CCCCCCCCCCCCC1(CCCCCCCCCCCC)Oc2ccsc2-c2sccc21. The lowest BCUT2D eigenvalue weighted by atomic mass is 9.81. The lowest BCUT2D eigenvalue weighted by molar-refractivity contribution is 0.0395. The van der Waals surface area contributed by atoms with Gasteiger partial charge in [0.1, 0.15) is 22.7 Å².